The van der Waals surface area contributed by atoms with E-state index in [2.05, 4.69) is 0 Å². The highest BCUT2D eigenvalue weighted by atomic mass is 16.5. The van der Waals surface area contributed by atoms with Gasteiger partial charge in [0.05, 0.1) is 42.9 Å². The van der Waals surface area contributed by atoms with Gasteiger partial charge in [0.1, 0.15) is 0 Å². The number of nitrogens with zero attached hydrogens (tertiary/aromatic N) is 2. The number of hydrogen-bond acceptors (Lipinski definition) is 6. The van der Waals surface area contributed by atoms with Crippen LogP contribution in [0.2, 0.25) is 0 Å². The van der Waals surface area contributed by atoms with Crippen LogP contribution in [0, 0.1) is 0 Å². The number of amides is 1. The molecule has 1 unspecified atom stereocenters. The lowest BCUT2D eigenvalue weighted by Crippen LogP contribution is -2.36. The summed E-state index contributed by atoms with van der Waals surface area (Å²) < 4.78 is 135. The third kappa shape index (κ3) is 4.94. The Labute approximate surface area is 222 Å². The number of methoxy groups -OCH3 is 4. The van der Waals surface area contributed by atoms with Crippen molar-refractivity contribution in [3.8, 4) is 23.0 Å². The molecule has 0 spiro atoms. The molecule has 1 aliphatic carbocycles. The lowest BCUT2D eigenvalue weighted by molar-refractivity contribution is -0.130. The summed E-state index contributed by atoms with van der Waals surface area (Å²) in [6.07, 6.45) is -4.09. The predicted octanol–water partition coefficient (Wildman–Crippen LogP) is 3.31. The van der Waals surface area contributed by atoms with Crippen molar-refractivity contribution in [1.82, 2.24) is 9.80 Å². The standard InChI is InChI=1S/C27H36N2O5/c1-28(17-21-11-20-14-25(33-4)26(34-5)16-22(20)21)8-6-9-29-10-7-18-12-23(31-2)24(32-3)13-19(18)15-27(29)30/h12-14,16,21H,6-11,15,17H2,1-5H3/i2D3,3D3,7D2,8D2,10D2,17D2. The number of carbonyl (C=O) groups is 1. The van der Waals surface area contributed by atoms with Crippen LogP contribution in [0.5, 0.6) is 23.0 Å². The monoisotopic (exact) mass is 482 g/mol. The molecule has 0 fully saturated rings. The van der Waals surface area contributed by atoms with E-state index in [1.807, 2.05) is 0 Å². The topological polar surface area (TPSA) is 60.5 Å². The molecule has 0 radical (unpaired) electrons. The first-order valence-electron chi connectivity index (χ1n) is 17.6. The van der Waals surface area contributed by atoms with Gasteiger partial charge < -0.3 is 28.7 Å². The van der Waals surface area contributed by atoms with E-state index in [1.54, 1.807) is 12.1 Å². The van der Waals surface area contributed by atoms with Gasteiger partial charge in [0.2, 0.25) is 5.91 Å². The van der Waals surface area contributed by atoms with Gasteiger partial charge in [-0.1, -0.05) is 0 Å². The first-order chi connectivity index (χ1) is 21.8. The number of rotatable bonds is 10. The van der Waals surface area contributed by atoms with E-state index in [0.717, 1.165) is 22.6 Å². The minimum Gasteiger partial charge on any atom is -0.493 e. The second-order valence-corrected chi connectivity index (χ2v) is 7.88. The molecule has 0 saturated heterocycles. The van der Waals surface area contributed by atoms with Gasteiger partial charge in [-0.25, -0.2) is 0 Å². The van der Waals surface area contributed by atoms with E-state index >= 15 is 0 Å². The van der Waals surface area contributed by atoms with Crippen molar-refractivity contribution in [2.75, 3.05) is 61.4 Å². The minimum atomic E-state index is -3.14. The molecular formula is C27H36N2O5. The summed E-state index contributed by atoms with van der Waals surface area (Å²) in [5.74, 6) is -2.23. The van der Waals surface area contributed by atoms with E-state index in [0.29, 0.717) is 22.0 Å². The molecule has 0 bridgehead atoms. The second kappa shape index (κ2) is 10.6. The fourth-order valence-electron chi connectivity index (χ4n) is 4.01. The Bertz CT molecular complexity index is 1560. The molecule has 0 saturated carbocycles. The molecule has 7 heteroatoms. The highest BCUT2D eigenvalue weighted by molar-refractivity contribution is 5.80. The third-order valence-corrected chi connectivity index (χ3v) is 5.84. The maximum absolute atomic E-state index is 13.5. The van der Waals surface area contributed by atoms with Crippen molar-refractivity contribution in [2.45, 2.75) is 31.6 Å². The van der Waals surface area contributed by atoms with E-state index in [4.69, 9.17) is 38.1 Å². The van der Waals surface area contributed by atoms with Gasteiger partial charge in [0.15, 0.2) is 23.0 Å². The number of hydrogen-bond donors (Lipinski definition) is 0. The van der Waals surface area contributed by atoms with Crippen LogP contribution in [0.4, 0.5) is 0 Å². The van der Waals surface area contributed by atoms with Crippen molar-refractivity contribution in [3.63, 3.8) is 0 Å². The molecular weight excluding hydrogens is 432 g/mol. The Morgan fingerprint density at radius 2 is 1.68 bits per heavy atom. The third-order valence-electron chi connectivity index (χ3n) is 5.84. The maximum Gasteiger partial charge on any atom is 0.227 e. The van der Waals surface area contributed by atoms with Crippen molar-refractivity contribution < 1.29 is 42.9 Å². The summed E-state index contributed by atoms with van der Waals surface area (Å²) in [7, 11) is -2.07. The van der Waals surface area contributed by atoms with Gasteiger partial charge in [0, 0.05) is 36.4 Å². The largest absolute Gasteiger partial charge is 0.493 e. The van der Waals surface area contributed by atoms with Gasteiger partial charge in [-0.3, -0.25) is 4.79 Å². The Balaban J connectivity index is 1.62. The lowest BCUT2D eigenvalue weighted by Gasteiger charge is -2.34. The molecule has 7 nitrogen and oxygen atoms in total. The van der Waals surface area contributed by atoms with Crippen LogP contribution in [0.1, 0.15) is 53.8 Å². The average molecular weight is 483 g/mol. The number of likely N-dealkylation sites (N-methyl/N-ethyl adjacent to an activating group) is 1. The second-order valence-electron chi connectivity index (χ2n) is 7.88. The lowest BCUT2D eigenvalue weighted by atomic mass is 9.77. The van der Waals surface area contributed by atoms with E-state index < -0.39 is 88.2 Å². The molecule has 2 aromatic rings. The molecule has 1 atom stereocenters. The summed E-state index contributed by atoms with van der Waals surface area (Å²) in [6.45, 7) is -8.56. The zero-order valence-corrected chi connectivity index (χ0v) is 19.2. The predicted molar refractivity (Wildman–Crippen MR) is 132 cm³/mol. The quantitative estimate of drug-likeness (QED) is 0.518. The van der Waals surface area contributed by atoms with Gasteiger partial charge in [0.25, 0.3) is 0 Å². The van der Waals surface area contributed by atoms with Crippen LogP contribution in [0.15, 0.2) is 24.3 Å². The molecule has 2 aromatic carbocycles. The van der Waals surface area contributed by atoms with Crippen LogP contribution in [-0.4, -0.2) is 77.1 Å². The van der Waals surface area contributed by atoms with Crippen LogP contribution in [-0.2, 0) is 24.0 Å². The fourth-order valence-corrected chi connectivity index (χ4v) is 4.01. The number of benzene rings is 2. The SMILES string of the molecule is [2H]C([2H])([2H])Oc1cc2c(cc1OC([2H])([2H])[2H])C([2H])([2H])C([2H])([2H])N(CCC([2H])([2H])N(C)C([2H])([2H])C1Cc3cc(OC)c(OC)cc31)C(=O)C2. The van der Waals surface area contributed by atoms with Crippen molar-refractivity contribution in [3.05, 3.63) is 46.5 Å². The highest BCUT2D eigenvalue weighted by Gasteiger charge is 2.29. The number of fused-ring (bicyclic) bond motifs is 2. The molecule has 34 heavy (non-hydrogen) atoms. The van der Waals surface area contributed by atoms with Gasteiger partial charge in [-0.15, -0.1) is 0 Å². The van der Waals surface area contributed by atoms with Gasteiger partial charge in [-0.2, -0.15) is 0 Å². The van der Waals surface area contributed by atoms with E-state index in [-0.39, 0.29) is 12.0 Å². The van der Waals surface area contributed by atoms with E-state index in [1.165, 1.54) is 21.3 Å². The number of aryl methyl sites for hydroxylation is 1. The Kier molecular flexibility index (Phi) is 3.77. The zero-order valence-electron chi connectivity index (χ0n) is 33.2. The molecule has 0 aromatic heterocycles. The minimum absolute atomic E-state index is 0.194. The van der Waals surface area contributed by atoms with E-state index in [9.17, 15) is 4.79 Å². The smallest absolute Gasteiger partial charge is 0.227 e. The molecule has 4 rings (SSSR count). The molecule has 184 valence electrons. The Morgan fingerprint density at radius 3 is 2.38 bits per heavy atom. The zero-order chi connectivity index (χ0) is 36.4. The molecule has 2 aliphatic rings. The number of carbonyl (C=O) groups excluding carboxylic acids is 1. The van der Waals surface area contributed by atoms with Crippen molar-refractivity contribution >= 4 is 5.91 Å². The number of ether oxygens (including phenoxy) is 4. The van der Waals surface area contributed by atoms with Crippen molar-refractivity contribution in [1.29, 1.82) is 0 Å². The normalized spacial score (nSPS) is 27.6. The fraction of sp³-hybridized carbons (Fsp3) is 0.519. The van der Waals surface area contributed by atoms with Gasteiger partial charge in [-0.05, 0) is 79.3 Å². The molecule has 1 aliphatic heterocycles. The highest BCUT2D eigenvalue weighted by Crippen LogP contribution is 2.42. The van der Waals surface area contributed by atoms with Crippen LogP contribution in [0.3, 0.4) is 0 Å². The van der Waals surface area contributed by atoms with Crippen LogP contribution >= 0.6 is 0 Å². The average Bonchev–Trinajstić information content (AvgIpc) is 2.96. The van der Waals surface area contributed by atoms with Crippen LogP contribution < -0.4 is 18.9 Å². The summed E-state index contributed by atoms with van der Waals surface area (Å²) in [4.78, 5) is 14.9. The first kappa shape index (κ1) is 12.2. The maximum atomic E-state index is 13.5. The first-order valence-corrected chi connectivity index (χ1v) is 10.6. The van der Waals surface area contributed by atoms with Crippen molar-refractivity contribution in [2.24, 2.45) is 0 Å². The molecule has 0 N–H and O–H groups in total. The summed E-state index contributed by atoms with van der Waals surface area (Å²) in [6, 6.07) is 5.07. The van der Waals surface area contributed by atoms with Gasteiger partial charge >= 0.3 is 0 Å². The molecule has 1 amide bonds. The molecule has 1 heterocycles. The Hall–Kier alpha value is -2.93. The van der Waals surface area contributed by atoms with Crippen LogP contribution in [0.25, 0.3) is 0 Å². The summed E-state index contributed by atoms with van der Waals surface area (Å²) in [5.41, 5.74) is 0.725. The summed E-state index contributed by atoms with van der Waals surface area (Å²) >= 11 is 0. The summed E-state index contributed by atoms with van der Waals surface area (Å²) in [5, 5.41) is 0. The Morgan fingerprint density at radius 1 is 1.03 bits per heavy atom.